The highest BCUT2D eigenvalue weighted by atomic mass is 16.5. The Kier molecular flexibility index (Phi) is 4.06. The van der Waals surface area contributed by atoms with Crippen LogP contribution < -0.4 is 10.1 Å². The van der Waals surface area contributed by atoms with E-state index in [-0.39, 0.29) is 23.7 Å². The number of nitrogens with one attached hydrogen (secondary N) is 2. The molecule has 8 heteroatoms. The van der Waals surface area contributed by atoms with Crippen molar-refractivity contribution in [3.8, 4) is 5.88 Å². The Balaban J connectivity index is 1.65. The quantitative estimate of drug-likeness (QED) is 0.831. The van der Waals surface area contributed by atoms with Gasteiger partial charge in [-0.15, -0.1) is 0 Å². The molecular formula is C13H15N5O3. The van der Waals surface area contributed by atoms with Gasteiger partial charge in [-0.2, -0.15) is 15.4 Å². The molecule has 0 saturated carbocycles. The standard InChI is InChI=1S/C13H15N5O3/c19-13(10-7-15-18-17-10)16-9-4-6-20-8-11(9)21-12-3-1-2-5-14-12/h1-3,5,7,9,11H,4,6,8H2,(H,16,19)(H,15,17,18)/t9-,11-/m1/s1. The molecule has 2 N–H and O–H groups in total. The Labute approximate surface area is 120 Å². The number of rotatable bonds is 4. The molecule has 1 fully saturated rings. The second-order valence-electron chi connectivity index (χ2n) is 4.62. The number of hydrogen-bond donors (Lipinski definition) is 2. The third-order valence-electron chi connectivity index (χ3n) is 3.18. The van der Waals surface area contributed by atoms with Crippen LogP contribution in [0.15, 0.2) is 30.6 Å². The van der Waals surface area contributed by atoms with Crippen molar-refractivity contribution in [1.29, 1.82) is 0 Å². The van der Waals surface area contributed by atoms with E-state index in [1.165, 1.54) is 6.20 Å². The van der Waals surface area contributed by atoms with E-state index in [9.17, 15) is 4.79 Å². The summed E-state index contributed by atoms with van der Waals surface area (Å²) in [5.74, 6) is 0.221. The van der Waals surface area contributed by atoms with Crippen LogP contribution in [0.5, 0.6) is 5.88 Å². The monoisotopic (exact) mass is 289 g/mol. The first kappa shape index (κ1) is 13.5. The predicted molar refractivity (Wildman–Crippen MR) is 71.7 cm³/mol. The van der Waals surface area contributed by atoms with Crippen molar-refractivity contribution in [3.05, 3.63) is 36.3 Å². The molecule has 110 valence electrons. The van der Waals surface area contributed by atoms with E-state index in [1.807, 2.05) is 12.1 Å². The highest BCUT2D eigenvalue weighted by Gasteiger charge is 2.30. The van der Waals surface area contributed by atoms with Crippen LogP contribution in [-0.2, 0) is 4.74 Å². The number of ether oxygens (including phenoxy) is 2. The topological polar surface area (TPSA) is 102 Å². The average Bonchev–Trinajstić information content (AvgIpc) is 3.05. The zero-order chi connectivity index (χ0) is 14.5. The normalized spacial score (nSPS) is 21.7. The lowest BCUT2D eigenvalue weighted by atomic mass is 10.1. The number of pyridine rings is 1. The van der Waals surface area contributed by atoms with Gasteiger partial charge in [0.15, 0.2) is 5.69 Å². The molecule has 0 aromatic carbocycles. The van der Waals surface area contributed by atoms with Gasteiger partial charge in [0, 0.05) is 18.9 Å². The summed E-state index contributed by atoms with van der Waals surface area (Å²) in [6.07, 6.45) is 3.41. The first-order chi connectivity index (χ1) is 10.3. The summed E-state index contributed by atoms with van der Waals surface area (Å²) in [5.41, 5.74) is 0.248. The summed E-state index contributed by atoms with van der Waals surface area (Å²) in [5, 5.41) is 12.7. The maximum absolute atomic E-state index is 12.0. The molecular weight excluding hydrogens is 274 g/mol. The fourth-order valence-electron chi connectivity index (χ4n) is 2.12. The molecule has 8 nitrogen and oxygen atoms in total. The van der Waals surface area contributed by atoms with Crippen molar-refractivity contribution in [3.63, 3.8) is 0 Å². The minimum atomic E-state index is -0.287. The summed E-state index contributed by atoms with van der Waals surface area (Å²) >= 11 is 0. The molecule has 1 saturated heterocycles. The zero-order valence-electron chi connectivity index (χ0n) is 11.2. The van der Waals surface area contributed by atoms with Gasteiger partial charge in [0.05, 0.1) is 18.8 Å². The SMILES string of the molecule is O=C(N[C@@H]1CCOC[C@H]1Oc1ccccn1)c1cn[nH]n1. The second-order valence-corrected chi connectivity index (χ2v) is 4.62. The molecule has 1 aliphatic rings. The number of carbonyl (C=O) groups excluding carboxylic acids is 1. The zero-order valence-corrected chi connectivity index (χ0v) is 11.2. The minimum Gasteiger partial charge on any atom is -0.470 e. The number of amides is 1. The van der Waals surface area contributed by atoms with Gasteiger partial charge in [-0.05, 0) is 12.5 Å². The van der Waals surface area contributed by atoms with Crippen LogP contribution in [0.4, 0.5) is 0 Å². The van der Waals surface area contributed by atoms with E-state index < -0.39 is 0 Å². The average molecular weight is 289 g/mol. The number of hydrogen-bond acceptors (Lipinski definition) is 6. The Morgan fingerprint density at radius 3 is 3.19 bits per heavy atom. The summed E-state index contributed by atoms with van der Waals surface area (Å²) < 4.78 is 11.2. The Hall–Kier alpha value is -2.48. The highest BCUT2D eigenvalue weighted by Crippen LogP contribution is 2.15. The molecule has 0 spiro atoms. The smallest absolute Gasteiger partial charge is 0.273 e. The summed E-state index contributed by atoms with van der Waals surface area (Å²) in [7, 11) is 0. The molecule has 0 bridgehead atoms. The van der Waals surface area contributed by atoms with E-state index in [1.54, 1.807) is 12.3 Å². The highest BCUT2D eigenvalue weighted by molar-refractivity contribution is 5.92. The van der Waals surface area contributed by atoms with E-state index >= 15 is 0 Å². The third-order valence-corrected chi connectivity index (χ3v) is 3.18. The van der Waals surface area contributed by atoms with Crippen molar-refractivity contribution in [2.45, 2.75) is 18.6 Å². The lowest BCUT2D eigenvalue weighted by Gasteiger charge is -2.31. The summed E-state index contributed by atoms with van der Waals surface area (Å²) in [4.78, 5) is 16.1. The fourth-order valence-corrected chi connectivity index (χ4v) is 2.12. The first-order valence-electron chi connectivity index (χ1n) is 6.65. The van der Waals surface area contributed by atoms with Gasteiger partial charge in [0.2, 0.25) is 5.88 Å². The second kappa shape index (κ2) is 6.31. The number of carbonyl (C=O) groups is 1. The maximum atomic E-state index is 12.0. The van der Waals surface area contributed by atoms with Crippen LogP contribution in [0.2, 0.25) is 0 Å². The molecule has 0 aliphatic carbocycles. The van der Waals surface area contributed by atoms with E-state index in [0.717, 1.165) is 0 Å². The van der Waals surface area contributed by atoms with Crippen molar-refractivity contribution in [2.24, 2.45) is 0 Å². The molecule has 0 radical (unpaired) electrons. The van der Waals surface area contributed by atoms with E-state index in [4.69, 9.17) is 9.47 Å². The van der Waals surface area contributed by atoms with Crippen LogP contribution >= 0.6 is 0 Å². The van der Waals surface area contributed by atoms with E-state index in [0.29, 0.717) is 25.5 Å². The van der Waals surface area contributed by atoms with Gasteiger partial charge in [-0.25, -0.2) is 4.98 Å². The molecule has 2 aromatic heterocycles. The minimum absolute atomic E-state index is 0.162. The van der Waals surface area contributed by atoms with Crippen molar-refractivity contribution < 1.29 is 14.3 Å². The Morgan fingerprint density at radius 1 is 1.48 bits per heavy atom. The van der Waals surface area contributed by atoms with Crippen molar-refractivity contribution >= 4 is 5.91 Å². The summed E-state index contributed by atoms with van der Waals surface area (Å²) in [6.45, 7) is 0.978. The maximum Gasteiger partial charge on any atom is 0.273 e. The molecule has 0 unspecified atom stereocenters. The molecule has 3 rings (SSSR count). The van der Waals surface area contributed by atoms with Gasteiger partial charge in [0.25, 0.3) is 5.91 Å². The van der Waals surface area contributed by atoms with E-state index in [2.05, 4.69) is 25.7 Å². The third kappa shape index (κ3) is 3.34. The molecule has 3 heterocycles. The molecule has 2 atom stereocenters. The van der Waals surface area contributed by atoms with Crippen LogP contribution in [0.25, 0.3) is 0 Å². The number of nitrogens with zero attached hydrogens (tertiary/aromatic N) is 3. The Bertz CT molecular complexity index is 575. The van der Waals surface area contributed by atoms with Gasteiger partial charge in [0.1, 0.15) is 6.10 Å². The van der Waals surface area contributed by atoms with Gasteiger partial charge in [-0.1, -0.05) is 6.07 Å². The largest absolute Gasteiger partial charge is 0.470 e. The van der Waals surface area contributed by atoms with Gasteiger partial charge >= 0.3 is 0 Å². The number of aromatic amines is 1. The van der Waals surface area contributed by atoms with Crippen LogP contribution in [0.1, 0.15) is 16.9 Å². The number of H-pyrrole nitrogens is 1. The van der Waals surface area contributed by atoms with Crippen LogP contribution in [-0.4, -0.2) is 51.7 Å². The predicted octanol–water partition coefficient (Wildman–Crippen LogP) is 0.166. The molecule has 2 aromatic rings. The molecule has 21 heavy (non-hydrogen) atoms. The van der Waals surface area contributed by atoms with Crippen molar-refractivity contribution in [1.82, 2.24) is 25.7 Å². The molecule has 1 aliphatic heterocycles. The summed E-state index contributed by atoms with van der Waals surface area (Å²) in [6, 6.07) is 5.26. The lowest BCUT2D eigenvalue weighted by Crippen LogP contribution is -2.51. The van der Waals surface area contributed by atoms with Crippen LogP contribution in [0.3, 0.4) is 0 Å². The van der Waals surface area contributed by atoms with Crippen LogP contribution in [0, 0.1) is 0 Å². The molecule has 1 amide bonds. The van der Waals surface area contributed by atoms with Gasteiger partial charge in [-0.3, -0.25) is 4.79 Å². The number of aromatic nitrogens is 4. The first-order valence-corrected chi connectivity index (χ1v) is 6.65. The Morgan fingerprint density at radius 2 is 2.43 bits per heavy atom. The fraction of sp³-hybridized carbons (Fsp3) is 0.385. The lowest BCUT2D eigenvalue weighted by molar-refractivity contribution is -0.0153. The van der Waals surface area contributed by atoms with Gasteiger partial charge < -0.3 is 14.8 Å². The van der Waals surface area contributed by atoms with Crippen molar-refractivity contribution in [2.75, 3.05) is 13.2 Å².